The molecule has 3 aromatic carbocycles. The van der Waals surface area contributed by atoms with Crippen molar-refractivity contribution in [2.45, 2.75) is 6.92 Å². The number of ketones is 1. The van der Waals surface area contributed by atoms with Crippen molar-refractivity contribution >= 4 is 35.1 Å². The first-order valence-electron chi connectivity index (χ1n) is 9.18. The Balaban J connectivity index is 1.75. The normalized spacial score (nSPS) is 10.7. The molecule has 0 unspecified atom stereocenters. The summed E-state index contributed by atoms with van der Waals surface area (Å²) in [7, 11) is 0. The van der Waals surface area contributed by atoms with Gasteiger partial charge in [0, 0.05) is 22.2 Å². The summed E-state index contributed by atoms with van der Waals surface area (Å²) >= 11 is 6.07. The Hall–Kier alpha value is -3.37. The molecule has 0 bridgehead atoms. The van der Waals surface area contributed by atoms with Crippen LogP contribution < -0.4 is 10.1 Å². The Bertz CT molecular complexity index is 1030. The van der Waals surface area contributed by atoms with Crippen LogP contribution in [0.5, 0.6) is 5.75 Å². The fourth-order valence-corrected chi connectivity index (χ4v) is 2.92. The van der Waals surface area contributed by atoms with Gasteiger partial charge in [-0.2, -0.15) is 0 Å². The lowest BCUT2D eigenvalue weighted by atomic mass is 10.0. The number of ether oxygens (including phenoxy) is 1. The number of benzene rings is 3. The first kappa shape index (κ1) is 20.4. The van der Waals surface area contributed by atoms with Gasteiger partial charge in [-0.25, -0.2) is 0 Å². The number of rotatable bonds is 7. The highest BCUT2D eigenvalue weighted by molar-refractivity contribution is 6.31. The summed E-state index contributed by atoms with van der Waals surface area (Å²) in [6.45, 7) is 2.52. The lowest BCUT2D eigenvalue weighted by Gasteiger charge is -2.10. The number of hydrogen-bond donors (Lipinski definition) is 1. The molecule has 0 heterocycles. The molecule has 0 aliphatic heterocycles. The molecule has 0 saturated heterocycles. The van der Waals surface area contributed by atoms with E-state index in [4.69, 9.17) is 16.3 Å². The third-order valence-corrected chi connectivity index (χ3v) is 4.37. The molecule has 1 amide bonds. The van der Waals surface area contributed by atoms with Gasteiger partial charge in [-0.1, -0.05) is 54.1 Å². The quantitative estimate of drug-likeness (QED) is 0.410. The number of halogens is 1. The van der Waals surface area contributed by atoms with E-state index in [0.29, 0.717) is 28.4 Å². The highest BCUT2D eigenvalue weighted by Gasteiger charge is 2.15. The topological polar surface area (TPSA) is 55.4 Å². The van der Waals surface area contributed by atoms with Gasteiger partial charge in [-0.05, 0) is 48.9 Å². The van der Waals surface area contributed by atoms with Gasteiger partial charge in [0.15, 0.2) is 5.78 Å². The van der Waals surface area contributed by atoms with Crippen molar-refractivity contribution in [2.75, 3.05) is 11.9 Å². The smallest absolute Gasteiger partial charge is 0.248 e. The lowest BCUT2D eigenvalue weighted by Crippen LogP contribution is -2.12. The Morgan fingerprint density at radius 3 is 2.41 bits per heavy atom. The minimum Gasteiger partial charge on any atom is -0.494 e. The number of hydrogen-bond acceptors (Lipinski definition) is 3. The molecule has 0 aromatic heterocycles. The van der Waals surface area contributed by atoms with E-state index in [-0.39, 0.29) is 11.7 Å². The van der Waals surface area contributed by atoms with Crippen LogP contribution in [-0.2, 0) is 4.79 Å². The zero-order chi connectivity index (χ0) is 20.6. The van der Waals surface area contributed by atoms with Crippen LogP contribution in [0.1, 0.15) is 28.4 Å². The Morgan fingerprint density at radius 1 is 1.00 bits per heavy atom. The number of carbonyl (C=O) groups is 2. The third-order valence-electron chi connectivity index (χ3n) is 4.14. The molecule has 0 aliphatic carbocycles. The second-order valence-corrected chi connectivity index (χ2v) is 6.65. The average molecular weight is 406 g/mol. The van der Waals surface area contributed by atoms with Crippen LogP contribution in [0.4, 0.5) is 5.69 Å². The van der Waals surface area contributed by atoms with Gasteiger partial charge < -0.3 is 10.1 Å². The number of anilines is 1. The van der Waals surface area contributed by atoms with Crippen molar-refractivity contribution in [2.24, 2.45) is 0 Å². The van der Waals surface area contributed by atoms with E-state index in [1.54, 1.807) is 48.5 Å². The van der Waals surface area contributed by atoms with E-state index in [0.717, 1.165) is 11.3 Å². The Morgan fingerprint density at radius 2 is 1.72 bits per heavy atom. The molecule has 0 fully saturated rings. The van der Waals surface area contributed by atoms with Crippen LogP contribution in [0.25, 0.3) is 6.08 Å². The summed E-state index contributed by atoms with van der Waals surface area (Å²) in [6, 6.07) is 21.1. The highest BCUT2D eigenvalue weighted by atomic mass is 35.5. The van der Waals surface area contributed by atoms with Crippen molar-refractivity contribution in [3.63, 3.8) is 0 Å². The summed E-state index contributed by atoms with van der Waals surface area (Å²) in [5.74, 6) is 0.224. The molecular weight excluding hydrogens is 386 g/mol. The van der Waals surface area contributed by atoms with Crippen molar-refractivity contribution in [3.8, 4) is 5.75 Å². The van der Waals surface area contributed by atoms with Gasteiger partial charge in [0.2, 0.25) is 5.91 Å². The molecule has 0 spiro atoms. The van der Waals surface area contributed by atoms with Crippen molar-refractivity contribution in [1.82, 2.24) is 0 Å². The first-order chi connectivity index (χ1) is 14.1. The average Bonchev–Trinajstić information content (AvgIpc) is 2.75. The van der Waals surface area contributed by atoms with Crippen LogP contribution in [0.2, 0.25) is 5.02 Å². The minimum atomic E-state index is -0.344. The van der Waals surface area contributed by atoms with Gasteiger partial charge in [-0.15, -0.1) is 0 Å². The van der Waals surface area contributed by atoms with E-state index in [1.807, 2.05) is 37.3 Å². The Kier molecular flexibility index (Phi) is 6.82. The molecule has 3 aromatic rings. The van der Waals surface area contributed by atoms with Crippen molar-refractivity contribution in [3.05, 3.63) is 101 Å². The van der Waals surface area contributed by atoms with Crippen molar-refractivity contribution in [1.29, 1.82) is 0 Å². The minimum absolute atomic E-state index is 0.209. The van der Waals surface area contributed by atoms with E-state index < -0.39 is 0 Å². The zero-order valence-corrected chi connectivity index (χ0v) is 16.6. The summed E-state index contributed by atoms with van der Waals surface area (Å²) in [6.07, 6.45) is 3.11. The van der Waals surface area contributed by atoms with Gasteiger partial charge in [-0.3, -0.25) is 9.59 Å². The molecule has 0 aliphatic rings. The van der Waals surface area contributed by atoms with E-state index in [9.17, 15) is 9.59 Å². The van der Waals surface area contributed by atoms with Crippen LogP contribution >= 0.6 is 11.6 Å². The van der Waals surface area contributed by atoms with Gasteiger partial charge in [0.05, 0.1) is 12.3 Å². The van der Waals surface area contributed by atoms with Crippen molar-refractivity contribution < 1.29 is 14.3 Å². The van der Waals surface area contributed by atoms with Crippen LogP contribution in [0.3, 0.4) is 0 Å². The lowest BCUT2D eigenvalue weighted by molar-refractivity contribution is -0.111. The first-order valence-corrected chi connectivity index (χ1v) is 9.56. The monoisotopic (exact) mass is 405 g/mol. The maximum Gasteiger partial charge on any atom is 0.248 e. The summed E-state index contributed by atoms with van der Waals surface area (Å²) in [5, 5.41) is 3.18. The van der Waals surface area contributed by atoms with Crippen LogP contribution in [0.15, 0.2) is 78.9 Å². The predicted octanol–water partition coefficient (Wildman–Crippen LogP) is 5.62. The zero-order valence-electron chi connectivity index (χ0n) is 15.9. The second kappa shape index (κ2) is 9.71. The molecule has 0 radical (unpaired) electrons. The molecule has 3 rings (SSSR count). The summed E-state index contributed by atoms with van der Waals surface area (Å²) in [5.41, 5.74) is 2.13. The molecular formula is C24H20ClNO3. The maximum atomic E-state index is 12.8. The second-order valence-electron chi connectivity index (χ2n) is 6.21. The maximum absolute atomic E-state index is 12.8. The molecule has 0 saturated carbocycles. The summed E-state index contributed by atoms with van der Waals surface area (Å²) in [4.78, 5) is 25.2. The van der Waals surface area contributed by atoms with Gasteiger partial charge in [0.25, 0.3) is 0 Å². The fraction of sp³-hybridized carbons (Fsp3) is 0.0833. The van der Waals surface area contributed by atoms with E-state index in [1.165, 1.54) is 6.08 Å². The van der Waals surface area contributed by atoms with E-state index >= 15 is 0 Å². The molecule has 1 N–H and O–H groups in total. The fourth-order valence-electron chi connectivity index (χ4n) is 2.75. The van der Waals surface area contributed by atoms with Crippen LogP contribution in [-0.4, -0.2) is 18.3 Å². The highest BCUT2D eigenvalue weighted by Crippen LogP contribution is 2.24. The van der Waals surface area contributed by atoms with Crippen LogP contribution in [0, 0.1) is 0 Å². The molecule has 146 valence electrons. The molecule has 5 heteroatoms. The largest absolute Gasteiger partial charge is 0.494 e. The molecule has 29 heavy (non-hydrogen) atoms. The molecule has 4 nitrogen and oxygen atoms in total. The number of amides is 1. The number of carbonyl (C=O) groups excluding carboxylic acids is 2. The SMILES string of the molecule is CCOc1ccc(/C=C/C(=O)Nc2ccc(Cl)cc2C(=O)c2ccccc2)cc1. The third kappa shape index (κ3) is 5.56. The van der Waals surface area contributed by atoms with E-state index in [2.05, 4.69) is 5.32 Å². The number of nitrogens with one attached hydrogen (secondary N) is 1. The standard InChI is InChI=1S/C24H20ClNO3/c1-2-29-20-12-8-17(9-13-20)10-15-23(27)26-22-14-11-19(25)16-21(22)24(28)18-6-4-3-5-7-18/h3-16H,2H2,1H3,(H,26,27)/b15-10+. The predicted molar refractivity (Wildman–Crippen MR) is 117 cm³/mol. The van der Waals surface area contributed by atoms with Gasteiger partial charge in [0.1, 0.15) is 5.75 Å². The van der Waals surface area contributed by atoms with Gasteiger partial charge >= 0.3 is 0 Å². The molecule has 0 atom stereocenters. The summed E-state index contributed by atoms with van der Waals surface area (Å²) < 4.78 is 5.40. The Labute approximate surface area is 174 Å².